The number of rotatable bonds is 4. The van der Waals surface area contributed by atoms with Crippen molar-refractivity contribution in [3.63, 3.8) is 0 Å². The molecule has 94 valence electrons. The maximum atomic E-state index is 10.6. The summed E-state index contributed by atoms with van der Waals surface area (Å²) >= 11 is 0. The smallest absolute Gasteiger partial charge is 0.145 e. The zero-order valence-electron chi connectivity index (χ0n) is 11.1. The first-order chi connectivity index (χ1) is 7.79. The predicted octanol–water partition coefficient (Wildman–Crippen LogP) is 3.42. The van der Waals surface area contributed by atoms with E-state index in [4.69, 9.17) is 4.74 Å². The van der Waals surface area contributed by atoms with Gasteiger partial charge in [0.2, 0.25) is 0 Å². The second-order valence-corrected chi connectivity index (χ2v) is 5.48. The van der Waals surface area contributed by atoms with Crippen LogP contribution in [0, 0.1) is 5.41 Å². The molecule has 0 aliphatic carbocycles. The minimum absolute atomic E-state index is 0.291. The highest BCUT2D eigenvalue weighted by Crippen LogP contribution is 2.35. The van der Waals surface area contributed by atoms with Crippen LogP contribution >= 0.6 is 0 Å². The lowest BCUT2D eigenvalue weighted by atomic mass is 9.74. The molecule has 1 N–H and O–H groups in total. The molecule has 0 aromatic heterocycles. The Bertz CT molecular complexity index is 360. The van der Waals surface area contributed by atoms with E-state index in [1.54, 1.807) is 13.0 Å². The number of para-hydroxylation sites is 1. The Balaban J connectivity index is 2.90. The molecule has 0 saturated carbocycles. The van der Waals surface area contributed by atoms with Crippen LogP contribution < -0.4 is 4.74 Å². The molecule has 0 radical (unpaired) electrons. The molecule has 2 nitrogen and oxygen atoms in total. The molecule has 0 saturated heterocycles. The van der Waals surface area contributed by atoms with E-state index in [-0.39, 0.29) is 5.41 Å². The lowest BCUT2D eigenvalue weighted by Gasteiger charge is -2.41. The molecule has 1 aromatic rings. The Morgan fingerprint density at radius 1 is 1.18 bits per heavy atom. The van der Waals surface area contributed by atoms with E-state index in [2.05, 4.69) is 6.58 Å². The topological polar surface area (TPSA) is 29.5 Å². The van der Waals surface area contributed by atoms with E-state index in [1.165, 1.54) is 0 Å². The molecule has 0 bridgehead atoms. The Morgan fingerprint density at radius 3 is 2.12 bits per heavy atom. The van der Waals surface area contributed by atoms with Crippen LogP contribution in [0.4, 0.5) is 0 Å². The van der Waals surface area contributed by atoms with E-state index < -0.39 is 11.7 Å². The summed E-state index contributed by atoms with van der Waals surface area (Å²) in [5.41, 5.74) is -1.27. The lowest BCUT2D eigenvalue weighted by Crippen LogP contribution is -2.51. The van der Waals surface area contributed by atoms with Gasteiger partial charge in [0.05, 0.1) is 0 Å². The molecule has 2 atom stereocenters. The summed E-state index contributed by atoms with van der Waals surface area (Å²) in [5.74, 6) is 0.738. The van der Waals surface area contributed by atoms with Gasteiger partial charge in [0.1, 0.15) is 17.5 Å². The lowest BCUT2D eigenvalue weighted by molar-refractivity contribution is -0.101. The molecule has 2 heteroatoms. The normalized spacial score (nSPS) is 17.0. The van der Waals surface area contributed by atoms with Crippen molar-refractivity contribution in [2.24, 2.45) is 5.41 Å². The van der Waals surface area contributed by atoms with Crippen molar-refractivity contribution in [3.8, 4) is 5.75 Å². The van der Waals surface area contributed by atoms with Crippen LogP contribution in [0.3, 0.4) is 0 Å². The number of hydrogen-bond acceptors (Lipinski definition) is 2. The maximum absolute atomic E-state index is 10.6. The summed E-state index contributed by atoms with van der Waals surface area (Å²) in [4.78, 5) is 0. The van der Waals surface area contributed by atoms with Gasteiger partial charge in [-0.15, -0.1) is 0 Å². The van der Waals surface area contributed by atoms with Gasteiger partial charge in [-0.05, 0) is 30.5 Å². The summed E-state index contributed by atoms with van der Waals surface area (Å²) < 4.78 is 5.79. The van der Waals surface area contributed by atoms with Crippen molar-refractivity contribution >= 4 is 0 Å². The van der Waals surface area contributed by atoms with Crippen LogP contribution in [-0.2, 0) is 0 Å². The number of benzene rings is 1. The average molecular weight is 234 g/mol. The molecule has 0 aliphatic rings. The van der Waals surface area contributed by atoms with Gasteiger partial charge in [-0.25, -0.2) is 0 Å². The van der Waals surface area contributed by atoms with Gasteiger partial charge in [0, 0.05) is 0 Å². The second-order valence-electron chi connectivity index (χ2n) is 5.48. The van der Waals surface area contributed by atoms with Crippen molar-refractivity contribution in [1.29, 1.82) is 0 Å². The minimum Gasteiger partial charge on any atom is -0.483 e. The van der Waals surface area contributed by atoms with Crippen molar-refractivity contribution in [2.45, 2.75) is 39.4 Å². The zero-order chi connectivity index (χ0) is 13.1. The number of hydrogen-bond donors (Lipinski definition) is 1. The van der Waals surface area contributed by atoms with Gasteiger partial charge in [0.15, 0.2) is 0 Å². The van der Waals surface area contributed by atoms with E-state index in [0.717, 1.165) is 5.75 Å². The van der Waals surface area contributed by atoms with E-state index in [9.17, 15) is 5.11 Å². The van der Waals surface area contributed by atoms with Crippen LogP contribution in [0.25, 0.3) is 0 Å². The van der Waals surface area contributed by atoms with Crippen LogP contribution in [0.2, 0.25) is 0 Å². The highest BCUT2D eigenvalue weighted by Gasteiger charge is 2.42. The second kappa shape index (κ2) is 4.92. The molecule has 0 amide bonds. The fourth-order valence-corrected chi connectivity index (χ4v) is 1.46. The highest BCUT2D eigenvalue weighted by atomic mass is 16.5. The highest BCUT2D eigenvalue weighted by molar-refractivity contribution is 5.22. The summed E-state index contributed by atoms with van der Waals surface area (Å²) in [5, 5.41) is 10.6. The first kappa shape index (κ1) is 13.8. The SMILES string of the molecule is C=C[C@@H](Oc1ccccc1)[C@](C)(O)C(C)(C)C. The first-order valence-electron chi connectivity index (χ1n) is 5.85. The molecule has 0 unspecified atom stereocenters. The Kier molecular flexibility index (Phi) is 3.99. The summed E-state index contributed by atoms with van der Waals surface area (Å²) in [6.45, 7) is 11.5. The van der Waals surface area contributed by atoms with Gasteiger partial charge < -0.3 is 9.84 Å². The Morgan fingerprint density at radius 2 is 1.71 bits per heavy atom. The Labute approximate surface area is 104 Å². The van der Waals surface area contributed by atoms with Crippen molar-refractivity contribution in [3.05, 3.63) is 43.0 Å². The van der Waals surface area contributed by atoms with Gasteiger partial charge in [-0.1, -0.05) is 45.5 Å². The largest absolute Gasteiger partial charge is 0.483 e. The zero-order valence-corrected chi connectivity index (χ0v) is 11.1. The van der Waals surface area contributed by atoms with Crippen molar-refractivity contribution in [1.82, 2.24) is 0 Å². The van der Waals surface area contributed by atoms with E-state index >= 15 is 0 Å². The first-order valence-corrected chi connectivity index (χ1v) is 5.85. The molecule has 0 aliphatic heterocycles. The average Bonchev–Trinajstić information content (AvgIpc) is 2.25. The molecule has 0 spiro atoms. The number of aliphatic hydroxyl groups is 1. The quantitative estimate of drug-likeness (QED) is 0.809. The third kappa shape index (κ3) is 3.10. The van der Waals surface area contributed by atoms with Gasteiger partial charge in [0.25, 0.3) is 0 Å². The Hall–Kier alpha value is -1.28. The fraction of sp³-hybridized carbons (Fsp3) is 0.467. The molecule has 1 rings (SSSR count). The third-order valence-electron chi connectivity index (χ3n) is 3.29. The van der Waals surface area contributed by atoms with Gasteiger partial charge in [-0.2, -0.15) is 0 Å². The van der Waals surface area contributed by atoms with Gasteiger partial charge in [-0.3, -0.25) is 0 Å². The third-order valence-corrected chi connectivity index (χ3v) is 3.29. The minimum atomic E-state index is -0.982. The van der Waals surface area contributed by atoms with Crippen molar-refractivity contribution in [2.75, 3.05) is 0 Å². The van der Waals surface area contributed by atoms with E-state index in [1.807, 2.05) is 51.1 Å². The maximum Gasteiger partial charge on any atom is 0.145 e. The summed E-state index contributed by atoms with van der Waals surface area (Å²) in [6.07, 6.45) is 1.21. The molecule has 17 heavy (non-hydrogen) atoms. The monoisotopic (exact) mass is 234 g/mol. The van der Waals surface area contributed by atoms with Crippen LogP contribution in [0.1, 0.15) is 27.7 Å². The fourth-order valence-electron chi connectivity index (χ4n) is 1.46. The summed E-state index contributed by atoms with van der Waals surface area (Å²) in [6, 6.07) is 9.48. The van der Waals surface area contributed by atoms with Crippen LogP contribution in [0.15, 0.2) is 43.0 Å². The van der Waals surface area contributed by atoms with Gasteiger partial charge >= 0.3 is 0 Å². The molecular formula is C15H22O2. The van der Waals surface area contributed by atoms with E-state index in [0.29, 0.717) is 0 Å². The standard InChI is InChI=1S/C15H22O2/c1-6-13(15(5,16)14(2,3)4)17-12-10-8-7-9-11-12/h6-11,13,16H,1H2,2-5H3/t13-,15+/m1/s1. The molecule has 0 heterocycles. The van der Waals surface area contributed by atoms with Crippen LogP contribution in [0.5, 0.6) is 5.75 Å². The van der Waals surface area contributed by atoms with Crippen molar-refractivity contribution < 1.29 is 9.84 Å². The summed E-state index contributed by atoms with van der Waals surface area (Å²) in [7, 11) is 0. The predicted molar refractivity (Wildman–Crippen MR) is 71.1 cm³/mol. The molecule has 1 aromatic carbocycles. The number of ether oxygens (including phenoxy) is 1. The molecular weight excluding hydrogens is 212 g/mol. The van der Waals surface area contributed by atoms with Crippen LogP contribution in [-0.4, -0.2) is 16.8 Å². The molecule has 0 fully saturated rings.